The number of rotatable bonds is 1. The maximum absolute atomic E-state index is 11.0. The first kappa shape index (κ1) is 9.52. The van der Waals surface area contributed by atoms with E-state index in [0.717, 1.165) is 25.9 Å². The topological polar surface area (TPSA) is 24.8 Å². The smallest absolute Gasteiger partial charge is 0.219 e. The van der Waals surface area contributed by atoms with Crippen LogP contribution in [0.25, 0.3) is 0 Å². The van der Waals surface area contributed by atoms with E-state index in [1.165, 1.54) is 4.90 Å². The zero-order chi connectivity index (χ0) is 9.14. The molecule has 1 aliphatic heterocycles. The number of piperidine rings is 1. The summed E-state index contributed by atoms with van der Waals surface area (Å²) in [5, 5.41) is 0. The lowest BCUT2D eigenvalue weighted by Crippen LogP contribution is -3.08. The molecule has 3 heteroatoms. The summed E-state index contributed by atoms with van der Waals surface area (Å²) in [6.07, 6.45) is 2.18. The first-order valence-corrected chi connectivity index (χ1v) is 4.51. The molecule has 70 valence electrons. The molecule has 1 saturated heterocycles. The van der Waals surface area contributed by atoms with E-state index in [1.807, 2.05) is 11.9 Å². The lowest BCUT2D eigenvalue weighted by molar-refractivity contribution is -0.859. The Morgan fingerprint density at radius 3 is 2.42 bits per heavy atom. The molecule has 0 unspecified atom stereocenters. The van der Waals surface area contributed by atoms with Crippen molar-refractivity contribution >= 4 is 5.91 Å². The van der Waals surface area contributed by atoms with Crippen molar-refractivity contribution in [3.05, 3.63) is 7.05 Å². The first-order valence-electron chi connectivity index (χ1n) is 4.51. The standard InChI is InChI=1S/C9H18N2O/c1-8(12)11(3)9-4-6-10(2)7-5-9/h9-10H,2,4-7H2,1,3H3. The normalized spacial score (nSPS) is 29.9. The number of carbonyl (C=O) groups is 1. The molecular formula is C9H18N2O. The first-order chi connectivity index (χ1) is 5.61. The highest BCUT2D eigenvalue weighted by molar-refractivity contribution is 5.73. The van der Waals surface area contributed by atoms with Crippen LogP contribution in [-0.2, 0) is 4.79 Å². The number of nitrogens with zero attached hydrogens (tertiary/aromatic N) is 1. The number of carbonyl (C=O) groups excluding carboxylic acids is 1. The predicted octanol–water partition coefficient (Wildman–Crippen LogP) is -0.696. The number of amides is 1. The SMILES string of the molecule is [CH2-][NH+]1CCC(N(C)C(C)=O)CC1. The third-order valence-electron chi connectivity index (χ3n) is 2.71. The van der Waals surface area contributed by atoms with Gasteiger partial charge < -0.3 is 9.80 Å². The Balaban J connectivity index is 2.39. The molecule has 12 heavy (non-hydrogen) atoms. The van der Waals surface area contributed by atoms with Crippen LogP contribution in [0.4, 0.5) is 0 Å². The van der Waals surface area contributed by atoms with E-state index < -0.39 is 0 Å². The number of likely N-dealkylation sites (tertiary alicyclic amines) is 1. The largest absolute Gasteiger partial charge is 0.468 e. The minimum atomic E-state index is 0.174. The number of hydrogen-bond acceptors (Lipinski definition) is 1. The van der Waals surface area contributed by atoms with Gasteiger partial charge in [0.1, 0.15) is 0 Å². The van der Waals surface area contributed by atoms with Crippen molar-refractivity contribution in [3.8, 4) is 0 Å². The Morgan fingerprint density at radius 1 is 1.50 bits per heavy atom. The van der Waals surface area contributed by atoms with E-state index in [-0.39, 0.29) is 5.91 Å². The van der Waals surface area contributed by atoms with Gasteiger partial charge in [-0.25, -0.2) is 0 Å². The Labute approximate surface area is 74.3 Å². The van der Waals surface area contributed by atoms with Crippen LogP contribution in [0.5, 0.6) is 0 Å². The fourth-order valence-corrected chi connectivity index (χ4v) is 1.66. The van der Waals surface area contributed by atoms with Gasteiger partial charge in [0.05, 0.1) is 13.1 Å². The van der Waals surface area contributed by atoms with Crippen LogP contribution in [0.3, 0.4) is 0 Å². The molecule has 0 atom stereocenters. The molecule has 0 aromatic heterocycles. The molecule has 0 radical (unpaired) electrons. The van der Waals surface area contributed by atoms with E-state index >= 15 is 0 Å². The van der Waals surface area contributed by atoms with Crippen LogP contribution in [0, 0.1) is 7.05 Å². The van der Waals surface area contributed by atoms with Crippen LogP contribution in [0.2, 0.25) is 0 Å². The average molecular weight is 170 g/mol. The highest BCUT2D eigenvalue weighted by Crippen LogP contribution is 2.07. The molecule has 0 bridgehead atoms. The molecule has 1 amide bonds. The van der Waals surface area contributed by atoms with Gasteiger partial charge in [0.2, 0.25) is 5.91 Å². The highest BCUT2D eigenvalue weighted by atomic mass is 16.2. The monoisotopic (exact) mass is 170 g/mol. The molecule has 1 heterocycles. The van der Waals surface area contributed by atoms with E-state index in [1.54, 1.807) is 6.92 Å². The van der Waals surface area contributed by atoms with Gasteiger partial charge in [-0.3, -0.25) is 4.79 Å². The number of hydrogen-bond donors (Lipinski definition) is 1. The second-order valence-corrected chi connectivity index (χ2v) is 3.61. The molecule has 1 rings (SSSR count). The second kappa shape index (κ2) is 3.90. The Bertz CT molecular complexity index is 162. The van der Waals surface area contributed by atoms with Gasteiger partial charge >= 0.3 is 0 Å². The van der Waals surface area contributed by atoms with Gasteiger partial charge in [-0.2, -0.15) is 7.05 Å². The van der Waals surface area contributed by atoms with Crippen LogP contribution < -0.4 is 4.90 Å². The predicted molar refractivity (Wildman–Crippen MR) is 47.5 cm³/mol. The van der Waals surface area contributed by atoms with Crippen molar-refractivity contribution in [3.63, 3.8) is 0 Å². The van der Waals surface area contributed by atoms with Gasteiger partial charge in [-0.15, -0.1) is 0 Å². The maximum atomic E-state index is 11.0. The highest BCUT2D eigenvalue weighted by Gasteiger charge is 2.22. The molecule has 1 fully saturated rings. The molecule has 0 spiro atoms. The van der Waals surface area contributed by atoms with Crippen molar-refractivity contribution in [2.75, 3.05) is 20.1 Å². The van der Waals surface area contributed by atoms with Crippen LogP contribution in [-0.4, -0.2) is 37.0 Å². The average Bonchev–Trinajstić information content (AvgIpc) is 2.04. The van der Waals surface area contributed by atoms with Crippen LogP contribution in [0.15, 0.2) is 0 Å². The van der Waals surface area contributed by atoms with Crippen molar-refractivity contribution in [2.45, 2.75) is 25.8 Å². The zero-order valence-corrected chi connectivity index (χ0v) is 7.97. The number of quaternary nitrogens is 1. The van der Waals surface area contributed by atoms with Gasteiger partial charge in [0.25, 0.3) is 0 Å². The molecule has 0 aliphatic carbocycles. The van der Waals surface area contributed by atoms with Gasteiger partial charge in [-0.05, 0) is 0 Å². The third-order valence-corrected chi connectivity index (χ3v) is 2.71. The van der Waals surface area contributed by atoms with Gasteiger partial charge in [0, 0.05) is 32.9 Å². The van der Waals surface area contributed by atoms with E-state index in [4.69, 9.17) is 0 Å². The molecular weight excluding hydrogens is 152 g/mol. The summed E-state index contributed by atoms with van der Waals surface area (Å²) in [5.41, 5.74) is 0. The van der Waals surface area contributed by atoms with E-state index in [2.05, 4.69) is 7.05 Å². The Hall–Kier alpha value is -0.570. The second-order valence-electron chi connectivity index (χ2n) is 3.61. The lowest BCUT2D eigenvalue weighted by atomic mass is 10.0. The summed E-state index contributed by atoms with van der Waals surface area (Å²) in [4.78, 5) is 14.2. The maximum Gasteiger partial charge on any atom is 0.219 e. The van der Waals surface area contributed by atoms with Gasteiger partial charge in [-0.1, -0.05) is 0 Å². The molecule has 1 N–H and O–H groups in total. The number of nitrogens with one attached hydrogen (secondary N) is 1. The van der Waals surface area contributed by atoms with Crippen LogP contribution >= 0.6 is 0 Å². The van der Waals surface area contributed by atoms with Gasteiger partial charge in [0.15, 0.2) is 0 Å². The fourth-order valence-electron chi connectivity index (χ4n) is 1.66. The summed E-state index contributed by atoms with van der Waals surface area (Å²) in [6.45, 7) is 3.80. The van der Waals surface area contributed by atoms with Crippen molar-refractivity contribution in [2.24, 2.45) is 0 Å². The summed E-state index contributed by atoms with van der Waals surface area (Å²) in [7, 11) is 5.84. The fraction of sp³-hybridized carbons (Fsp3) is 0.778. The summed E-state index contributed by atoms with van der Waals surface area (Å²) >= 11 is 0. The molecule has 0 aromatic carbocycles. The molecule has 1 aliphatic rings. The minimum absolute atomic E-state index is 0.174. The summed E-state index contributed by atoms with van der Waals surface area (Å²) in [6, 6.07) is 0.452. The summed E-state index contributed by atoms with van der Waals surface area (Å²) < 4.78 is 0. The Kier molecular flexibility index (Phi) is 3.09. The van der Waals surface area contributed by atoms with Crippen molar-refractivity contribution in [1.29, 1.82) is 0 Å². The molecule has 0 saturated carbocycles. The lowest BCUT2D eigenvalue weighted by Gasteiger charge is -2.35. The minimum Gasteiger partial charge on any atom is -0.468 e. The third kappa shape index (κ3) is 2.21. The summed E-state index contributed by atoms with van der Waals surface area (Å²) in [5.74, 6) is 0.174. The van der Waals surface area contributed by atoms with Crippen LogP contribution in [0.1, 0.15) is 19.8 Å². The molecule has 0 aromatic rings. The van der Waals surface area contributed by atoms with E-state index in [9.17, 15) is 4.79 Å². The molecule has 3 nitrogen and oxygen atoms in total. The van der Waals surface area contributed by atoms with Crippen molar-refractivity contribution in [1.82, 2.24) is 4.90 Å². The van der Waals surface area contributed by atoms with E-state index in [0.29, 0.717) is 6.04 Å². The van der Waals surface area contributed by atoms with Crippen molar-refractivity contribution < 1.29 is 9.69 Å². The zero-order valence-electron chi connectivity index (χ0n) is 7.97. The Morgan fingerprint density at radius 2 is 2.00 bits per heavy atom. The quantitative estimate of drug-likeness (QED) is 0.517.